The van der Waals surface area contributed by atoms with Crippen molar-refractivity contribution >= 4 is 15.9 Å². The summed E-state index contributed by atoms with van der Waals surface area (Å²) in [6.07, 6.45) is 6.31. The Morgan fingerprint density at radius 1 is 1.43 bits per heavy atom. The molecule has 0 aliphatic heterocycles. The van der Waals surface area contributed by atoms with Gasteiger partial charge in [0.2, 0.25) is 0 Å². The van der Waals surface area contributed by atoms with E-state index in [9.17, 15) is 10.4 Å². The van der Waals surface area contributed by atoms with Crippen LogP contribution in [0.2, 0.25) is 0 Å². The molecule has 3 rings (SSSR count). The quantitative estimate of drug-likeness (QED) is 0.916. The summed E-state index contributed by atoms with van der Waals surface area (Å²) in [7, 11) is 1.78. The van der Waals surface area contributed by atoms with Crippen molar-refractivity contribution in [1.82, 2.24) is 19.6 Å². The third-order valence-corrected chi connectivity index (χ3v) is 4.58. The van der Waals surface area contributed by atoms with E-state index >= 15 is 0 Å². The van der Waals surface area contributed by atoms with Crippen LogP contribution >= 0.6 is 15.9 Å². The normalized spacial score (nSPS) is 16.5. The number of hydrogen-bond acceptors (Lipinski definition) is 4. The van der Waals surface area contributed by atoms with Gasteiger partial charge in [-0.05, 0) is 34.7 Å². The van der Waals surface area contributed by atoms with Gasteiger partial charge in [-0.2, -0.15) is 15.5 Å². The largest absolute Gasteiger partial charge is 0.383 e. The first-order chi connectivity index (χ1) is 10.1. The molecule has 0 bridgehead atoms. The highest BCUT2D eigenvalue weighted by Crippen LogP contribution is 2.31. The zero-order valence-electron chi connectivity index (χ0n) is 11.7. The lowest BCUT2D eigenvalue weighted by atomic mass is 9.85. The summed E-state index contributed by atoms with van der Waals surface area (Å²) in [5, 5.41) is 28.2. The predicted molar refractivity (Wildman–Crippen MR) is 79.3 cm³/mol. The lowest BCUT2D eigenvalue weighted by Gasteiger charge is -2.24. The highest BCUT2D eigenvalue weighted by atomic mass is 79.9. The van der Waals surface area contributed by atoms with E-state index in [1.165, 1.54) is 19.3 Å². The van der Waals surface area contributed by atoms with E-state index in [4.69, 9.17) is 0 Å². The molecule has 110 valence electrons. The Bertz CT molecular complexity index is 695. The van der Waals surface area contributed by atoms with E-state index in [-0.39, 0.29) is 5.69 Å². The maximum absolute atomic E-state index is 10.5. The third-order valence-electron chi connectivity index (χ3n) is 3.96. The molecular formula is C14H16BrN5O. The number of aromatic nitrogens is 4. The molecule has 1 atom stereocenters. The lowest BCUT2D eigenvalue weighted by molar-refractivity contribution is 0.218. The molecule has 2 heterocycles. The summed E-state index contributed by atoms with van der Waals surface area (Å²) in [5.74, 6) is 0.645. The number of hydrogen-bond donors (Lipinski definition) is 1. The number of aliphatic hydroxyl groups excluding tert-OH is 1. The van der Waals surface area contributed by atoms with Crippen LogP contribution in [0.3, 0.4) is 0 Å². The molecule has 6 nitrogen and oxygen atoms in total. The minimum Gasteiger partial charge on any atom is -0.383 e. The fraction of sp³-hybridized carbons (Fsp3) is 0.500. The number of nitriles is 1. The van der Waals surface area contributed by atoms with Gasteiger partial charge in [0.15, 0.2) is 5.69 Å². The molecule has 1 fully saturated rings. The zero-order chi connectivity index (χ0) is 15.0. The number of nitrogens with zero attached hydrogens (tertiary/aromatic N) is 5. The Morgan fingerprint density at radius 3 is 2.71 bits per heavy atom. The monoisotopic (exact) mass is 349 g/mol. The van der Waals surface area contributed by atoms with Gasteiger partial charge in [-0.25, -0.2) is 0 Å². The summed E-state index contributed by atoms with van der Waals surface area (Å²) in [5.41, 5.74) is 1.44. The maximum Gasteiger partial charge on any atom is 0.168 e. The molecular weight excluding hydrogens is 334 g/mol. The molecule has 1 N–H and O–H groups in total. The van der Waals surface area contributed by atoms with Gasteiger partial charge in [-0.1, -0.05) is 6.42 Å². The minimum atomic E-state index is -0.905. The van der Waals surface area contributed by atoms with Gasteiger partial charge in [0, 0.05) is 37.1 Å². The van der Waals surface area contributed by atoms with Crippen LogP contribution in [0.5, 0.6) is 0 Å². The van der Waals surface area contributed by atoms with Crippen molar-refractivity contribution in [2.45, 2.75) is 31.9 Å². The van der Waals surface area contributed by atoms with Crippen molar-refractivity contribution in [3.8, 4) is 6.07 Å². The lowest BCUT2D eigenvalue weighted by Crippen LogP contribution is -2.18. The Kier molecular flexibility index (Phi) is 3.83. The molecule has 0 aromatic carbocycles. The summed E-state index contributed by atoms with van der Waals surface area (Å²) in [6.45, 7) is 0.815. The van der Waals surface area contributed by atoms with E-state index in [2.05, 4.69) is 32.2 Å². The first-order valence-electron chi connectivity index (χ1n) is 6.93. The second kappa shape index (κ2) is 5.62. The van der Waals surface area contributed by atoms with Gasteiger partial charge in [0.05, 0.1) is 0 Å². The van der Waals surface area contributed by atoms with Crippen LogP contribution in [-0.2, 0) is 13.6 Å². The van der Waals surface area contributed by atoms with Crippen molar-refractivity contribution in [3.63, 3.8) is 0 Å². The summed E-state index contributed by atoms with van der Waals surface area (Å²) in [6, 6.07) is 2.07. The van der Waals surface area contributed by atoms with Gasteiger partial charge in [-0.3, -0.25) is 9.36 Å². The Labute approximate surface area is 131 Å². The van der Waals surface area contributed by atoms with Crippen molar-refractivity contribution in [2.75, 3.05) is 0 Å². The second-order valence-electron chi connectivity index (χ2n) is 5.52. The van der Waals surface area contributed by atoms with E-state index in [1.54, 1.807) is 28.8 Å². The second-order valence-corrected chi connectivity index (χ2v) is 6.27. The van der Waals surface area contributed by atoms with Gasteiger partial charge < -0.3 is 5.11 Å². The third kappa shape index (κ3) is 2.74. The first kappa shape index (κ1) is 14.3. The topological polar surface area (TPSA) is 79.7 Å². The number of aliphatic hydroxyl groups is 1. The molecule has 2 aromatic heterocycles. The van der Waals surface area contributed by atoms with E-state index in [1.807, 2.05) is 0 Å². The molecule has 0 amide bonds. The number of rotatable bonds is 4. The average molecular weight is 350 g/mol. The fourth-order valence-corrected chi connectivity index (χ4v) is 3.16. The highest BCUT2D eigenvalue weighted by molar-refractivity contribution is 9.10. The molecule has 0 saturated heterocycles. The Hall–Kier alpha value is -1.65. The van der Waals surface area contributed by atoms with E-state index in [0.29, 0.717) is 21.6 Å². The molecule has 0 spiro atoms. The van der Waals surface area contributed by atoms with Gasteiger partial charge in [0.25, 0.3) is 0 Å². The van der Waals surface area contributed by atoms with E-state index in [0.717, 1.165) is 6.54 Å². The number of halogens is 1. The van der Waals surface area contributed by atoms with Crippen LogP contribution in [0.1, 0.15) is 42.2 Å². The standard InChI is InChI=1S/C14H16BrN5O/c1-19-7-11(14(15)18-19)13(21)10-8-20(17-12(10)5-16)6-9-3-2-4-9/h7-9,13,21H,2-4,6H2,1H3. The van der Waals surface area contributed by atoms with Crippen LogP contribution in [0.4, 0.5) is 0 Å². The molecule has 0 radical (unpaired) electrons. The fourth-order valence-electron chi connectivity index (χ4n) is 2.59. The van der Waals surface area contributed by atoms with Gasteiger partial charge >= 0.3 is 0 Å². The average Bonchev–Trinajstić information content (AvgIpc) is 2.96. The van der Waals surface area contributed by atoms with Crippen LogP contribution in [0.15, 0.2) is 17.0 Å². The van der Waals surface area contributed by atoms with Crippen molar-refractivity contribution in [2.24, 2.45) is 13.0 Å². The SMILES string of the molecule is Cn1cc(C(O)c2cn(CC3CCC3)nc2C#N)c(Br)n1. The van der Waals surface area contributed by atoms with Crippen LogP contribution in [0, 0.1) is 17.2 Å². The molecule has 1 aliphatic carbocycles. The number of aryl methyl sites for hydroxylation is 1. The van der Waals surface area contributed by atoms with Gasteiger partial charge in [0.1, 0.15) is 16.8 Å². The Balaban J connectivity index is 1.89. The maximum atomic E-state index is 10.5. The first-order valence-corrected chi connectivity index (χ1v) is 7.72. The molecule has 7 heteroatoms. The van der Waals surface area contributed by atoms with Crippen molar-refractivity contribution in [1.29, 1.82) is 5.26 Å². The molecule has 21 heavy (non-hydrogen) atoms. The molecule has 2 aromatic rings. The van der Waals surface area contributed by atoms with Crippen molar-refractivity contribution < 1.29 is 5.11 Å². The van der Waals surface area contributed by atoms with Crippen LogP contribution in [0.25, 0.3) is 0 Å². The molecule has 1 aliphatic rings. The minimum absolute atomic E-state index is 0.276. The highest BCUT2D eigenvalue weighted by Gasteiger charge is 2.24. The Morgan fingerprint density at radius 2 is 2.19 bits per heavy atom. The van der Waals surface area contributed by atoms with Gasteiger partial charge in [-0.15, -0.1) is 0 Å². The van der Waals surface area contributed by atoms with E-state index < -0.39 is 6.10 Å². The smallest absolute Gasteiger partial charge is 0.168 e. The zero-order valence-corrected chi connectivity index (χ0v) is 13.3. The van der Waals surface area contributed by atoms with Crippen molar-refractivity contribution in [3.05, 3.63) is 33.8 Å². The summed E-state index contributed by atoms with van der Waals surface area (Å²) < 4.78 is 3.98. The predicted octanol–water partition coefficient (Wildman–Crippen LogP) is 2.13. The summed E-state index contributed by atoms with van der Waals surface area (Å²) >= 11 is 3.33. The van der Waals surface area contributed by atoms with Crippen LogP contribution in [-0.4, -0.2) is 24.7 Å². The molecule has 1 unspecified atom stereocenters. The van der Waals surface area contributed by atoms with Crippen LogP contribution < -0.4 is 0 Å². The molecule has 1 saturated carbocycles. The summed E-state index contributed by atoms with van der Waals surface area (Å²) in [4.78, 5) is 0.